The molecule has 21 heavy (non-hydrogen) atoms. The maximum atomic E-state index is 12.3. The molecule has 0 fully saturated rings. The highest BCUT2D eigenvalue weighted by Gasteiger charge is 2.34. The molecule has 9 heteroatoms. The Kier molecular flexibility index (Phi) is 5.46. The number of nitrogens with one attached hydrogen (secondary N) is 1. The lowest BCUT2D eigenvalue weighted by Crippen LogP contribution is -2.42. The summed E-state index contributed by atoms with van der Waals surface area (Å²) in [6, 6.07) is 3.92. The van der Waals surface area contributed by atoms with Crippen LogP contribution in [0.1, 0.15) is 6.92 Å². The molecule has 0 radical (unpaired) electrons. The topological polar surface area (TPSA) is 67.8 Å². The van der Waals surface area contributed by atoms with E-state index in [1.54, 1.807) is 0 Å². The molecular weight excluding hydrogens is 359 g/mol. The minimum absolute atomic E-state index is 0.0281. The molecule has 1 aromatic carbocycles. The number of carbonyl (C=O) groups excluding carboxylic acids is 1. The summed E-state index contributed by atoms with van der Waals surface area (Å²) in [7, 11) is 1.09. The fourth-order valence-corrected chi connectivity index (χ4v) is 1.75. The number of benzene rings is 1. The summed E-state index contributed by atoms with van der Waals surface area (Å²) in [5, 5.41) is 12.3. The fourth-order valence-electron chi connectivity index (χ4n) is 1.41. The van der Waals surface area contributed by atoms with Gasteiger partial charge in [-0.3, -0.25) is 0 Å². The Labute approximate surface area is 127 Å². The minimum atomic E-state index is -4.86. The Balaban J connectivity index is 2.91. The van der Waals surface area contributed by atoms with Crippen molar-refractivity contribution in [1.29, 1.82) is 0 Å². The van der Waals surface area contributed by atoms with Gasteiger partial charge in [0.1, 0.15) is 0 Å². The van der Waals surface area contributed by atoms with Crippen LogP contribution in [0.2, 0.25) is 0 Å². The molecule has 2 N–H and O–H groups in total. The number of aliphatic hydroxyl groups is 1. The standard InChI is InChI=1S/C12H13BrF3NO4/c1-11(19,10(18)20-2)6-17-8-4-3-7(13)5-9(8)21-12(14,15)16/h3-5,17,19H,6H2,1-2H3. The van der Waals surface area contributed by atoms with Crippen molar-refractivity contribution in [3.63, 3.8) is 0 Å². The van der Waals surface area contributed by atoms with Gasteiger partial charge in [-0.05, 0) is 25.1 Å². The average Bonchev–Trinajstić information content (AvgIpc) is 2.34. The third kappa shape index (κ3) is 5.43. The molecule has 0 amide bonds. The molecule has 0 heterocycles. The molecule has 0 saturated carbocycles. The molecule has 0 saturated heterocycles. The largest absolute Gasteiger partial charge is 0.573 e. The molecule has 1 atom stereocenters. The van der Waals surface area contributed by atoms with E-state index in [1.807, 2.05) is 0 Å². The van der Waals surface area contributed by atoms with Crippen LogP contribution in [0.5, 0.6) is 5.75 Å². The summed E-state index contributed by atoms with van der Waals surface area (Å²) in [6.45, 7) is 0.824. The highest BCUT2D eigenvalue weighted by atomic mass is 79.9. The van der Waals surface area contributed by atoms with Crippen molar-refractivity contribution in [1.82, 2.24) is 0 Å². The van der Waals surface area contributed by atoms with Gasteiger partial charge in [0.25, 0.3) is 0 Å². The van der Waals surface area contributed by atoms with Crippen LogP contribution in [0.15, 0.2) is 22.7 Å². The Hall–Kier alpha value is -1.48. The molecule has 118 valence electrons. The lowest BCUT2D eigenvalue weighted by Gasteiger charge is -2.22. The zero-order valence-electron chi connectivity index (χ0n) is 11.1. The van der Waals surface area contributed by atoms with Crippen molar-refractivity contribution < 1.29 is 32.5 Å². The molecule has 1 rings (SSSR count). The van der Waals surface area contributed by atoms with Gasteiger partial charge in [0.2, 0.25) is 0 Å². The van der Waals surface area contributed by atoms with E-state index < -0.39 is 23.7 Å². The molecule has 0 spiro atoms. The van der Waals surface area contributed by atoms with Gasteiger partial charge in [0, 0.05) is 4.47 Å². The highest BCUT2D eigenvalue weighted by molar-refractivity contribution is 9.10. The van der Waals surface area contributed by atoms with Crippen LogP contribution in [0.3, 0.4) is 0 Å². The Morgan fingerprint density at radius 1 is 1.43 bits per heavy atom. The van der Waals surface area contributed by atoms with Crippen LogP contribution in [0.25, 0.3) is 0 Å². The van der Waals surface area contributed by atoms with Crippen LogP contribution in [0, 0.1) is 0 Å². The average molecular weight is 372 g/mol. The molecule has 0 bridgehead atoms. The molecule has 1 unspecified atom stereocenters. The molecule has 0 aliphatic carbocycles. The summed E-state index contributed by atoms with van der Waals surface area (Å²) < 4.78 is 45.6. The number of hydrogen-bond acceptors (Lipinski definition) is 5. The second-order valence-electron chi connectivity index (χ2n) is 4.31. The van der Waals surface area contributed by atoms with Crippen molar-refractivity contribution >= 4 is 27.6 Å². The maximum absolute atomic E-state index is 12.3. The van der Waals surface area contributed by atoms with Gasteiger partial charge in [-0.25, -0.2) is 4.79 Å². The predicted molar refractivity (Wildman–Crippen MR) is 72.0 cm³/mol. The lowest BCUT2D eigenvalue weighted by atomic mass is 10.1. The zero-order chi connectivity index (χ0) is 16.3. The van der Waals surface area contributed by atoms with Crippen LogP contribution < -0.4 is 10.1 Å². The van der Waals surface area contributed by atoms with E-state index in [9.17, 15) is 23.1 Å². The number of esters is 1. The third-order valence-corrected chi connectivity index (χ3v) is 2.91. The van der Waals surface area contributed by atoms with Crippen molar-refractivity contribution in [2.75, 3.05) is 19.0 Å². The summed E-state index contributed by atoms with van der Waals surface area (Å²) in [6.07, 6.45) is -4.86. The Bertz CT molecular complexity index is 520. The summed E-state index contributed by atoms with van der Waals surface area (Å²) in [5.41, 5.74) is -1.92. The normalized spacial score (nSPS) is 14.2. The van der Waals surface area contributed by atoms with E-state index in [0.717, 1.165) is 13.2 Å². The van der Waals surface area contributed by atoms with E-state index in [2.05, 4.69) is 30.7 Å². The Morgan fingerprint density at radius 3 is 2.57 bits per heavy atom. The second-order valence-corrected chi connectivity index (χ2v) is 5.22. The van der Waals surface area contributed by atoms with Gasteiger partial charge < -0.3 is 19.9 Å². The summed E-state index contributed by atoms with van der Waals surface area (Å²) >= 11 is 3.03. The highest BCUT2D eigenvalue weighted by Crippen LogP contribution is 2.33. The van der Waals surface area contributed by atoms with E-state index >= 15 is 0 Å². The monoisotopic (exact) mass is 371 g/mol. The van der Waals surface area contributed by atoms with Crippen molar-refractivity contribution in [2.45, 2.75) is 18.9 Å². The van der Waals surface area contributed by atoms with Gasteiger partial charge in [-0.1, -0.05) is 15.9 Å². The van der Waals surface area contributed by atoms with Crippen LogP contribution in [-0.2, 0) is 9.53 Å². The second kappa shape index (κ2) is 6.52. The van der Waals surface area contributed by atoms with Gasteiger partial charge in [0.05, 0.1) is 19.3 Å². The van der Waals surface area contributed by atoms with Gasteiger partial charge >= 0.3 is 12.3 Å². The summed E-state index contributed by atoms with van der Waals surface area (Å²) in [5.74, 6) is -1.40. The number of methoxy groups -OCH3 is 1. The quantitative estimate of drug-likeness (QED) is 0.778. The van der Waals surface area contributed by atoms with Crippen LogP contribution in [-0.4, -0.2) is 36.7 Å². The van der Waals surface area contributed by atoms with Crippen molar-refractivity contribution in [3.8, 4) is 5.75 Å². The molecular formula is C12H13BrF3NO4. The van der Waals surface area contributed by atoms with Gasteiger partial charge in [-0.15, -0.1) is 13.2 Å². The van der Waals surface area contributed by atoms with Gasteiger partial charge in [-0.2, -0.15) is 0 Å². The first-order valence-electron chi connectivity index (χ1n) is 5.65. The third-order valence-electron chi connectivity index (χ3n) is 2.42. The predicted octanol–water partition coefficient (Wildman–Crippen LogP) is 2.68. The molecule has 1 aromatic rings. The number of hydrogen-bond donors (Lipinski definition) is 2. The van der Waals surface area contributed by atoms with Crippen LogP contribution in [0.4, 0.5) is 18.9 Å². The first-order valence-corrected chi connectivity index (χ1v) is 6.44. The number of halogens is 4. The van der Waals surface area contributed by atoms with E-state index in [-0.39, 0.29) is 12.2 Å². The van der Waals surface area contributed by atoms with Crippen molar-refractivity contribution in [2.24, 2.45) is 0 Å². The smallest absolute Gasteiger partial charge is 0.467 e. The summed E-state index contributed by atoms with van der Waals surface area (Å²) in [4.78, 5) is 11.3. The molecule has 0 aromatic heterocycles. The number of ether oxygens (including phenoxy) is 2. The SMILES string of the molecule is COC(=O)C(C)(O)CNc1ccc(Br)cc1OC(F)(F)F. The van der Waals surface area contributed by atoms with Gasteiger partial charge in [0.15, 0.2) is 11.4 Å². The first kappa shape index (κ1) is 17.6. The number of anilines is 1. The molecule has 0 aliphatic heterocycles. The minimum Gasteiger partial charge on any atom is -0.467 e. The van der Waals surface area contributed by atoms with Crippen molar-refractivity contribution in [3.05, 3.63) is 22.7 Å². The van der Waals surface area contributed by atoms with E-state index in [4.69, 9.17) is 0 Å². The van der Waals surface area contributed by atoms with Crippen LogP contribution >= 0.6 is 15.9 Å². The number of alkyl halides is 3. The van der Waals surface area contributed by atoms with E-state index in [1.165, 1.54) is 19.1 Å². The number of carbonyl (C=O) groups is 1. The first-order chi connectivity index (χ1) is 9.55. The molecule has 0 aliphatic rings. The van der Waals surface area contributed by atoms with E-state index in [0.29, 0.717) is 4.47 Å². The fraction of sp³-hybridized carbons (Fsp3) is 0.417. The Morgan fingerprint density at radius 2 is 2.05 bits per heavy atom. The maximum Gasteiger partial charge on any atom is 0.573 e. The zero-order valence-corrected chi connectivity index (χ0v) is 12.7. The lowest BCUT2D eigenvalue weighted by molar-refractivity contribution is -0.274. The molecule has 5 nitrogen and oxygen atoms in total. The number of rotatable bonds is 5.